The van der Waals surface area contributed by atoms with E-state index >= 15 is 0 Å². The molecule has 0 spiro atoms. The zero-order chi connectivity index (χ0) is 11.3. The van der Waals surface area contributed by atoms with Crippen molar-refractivity contribution in [3.63, 3.8) is 0 Å². The summed E-state index contributed by atoms with van der Waals surface area (Å²) in [7, 11) is 0. The van der Waals surface area contributed by atoms with Crippen molar-refractivity contribution in [2.24, 2.45) is 17.8 Å². The first kappa shape index (κ1) is 12.7. The Bertz CT molecular complexity index is 196. The van der Waals surface area contributed by atoms with Gasteiger partial charge in [0.05, 0.1) is 0 Å². The van der Waals surface area contributed by atoms with Crippen molar-refractivity contribution >= 4 is 5.78 Å². The first-order valence-corrected chi connectivity index (χ1v) is 6.63. The van der Waals surface area contributed by atoms with Crippen molar-refractivity contribution in [3.8, 4) is 0 Å². The van der Waals surface area contributed by atoms with E-state index < -0.39 is 0 Å². The van der Waals surface area contributed by atoms with Crippen LogP contribution in [0.1, 0.15) is 65.7 Å². The van der Waals surface area contributed by atoms with E-state index in [1.807, 2.05) is 0 Å². The van der Waals surface area contributed by atoms with Gasteiger partial charge < -0.3 is 0 Å². The molecule has 0 saturated heterocycles. The molecule has 0 bridgehead atoms. The number of carbonyl (C=O) groups excluding carboxylic acids is 1. The molecule has 1 fully saturated rings. The van der Waals surface area contributed by atoms with E-state index in [4.69, 9.17) is 0 Å². The second-order valence-corrected chi connectivity index (χ2v) is 5.65. The number of ketones is 1. The van der Waals surface area contributed by atoms with Gasteiger partial charge in [0, 0.05) is 12.8 Å². The Morgan fingerprint density at radius 1 is 1.27 bits per heavy atom. The minimum atomic E-state index is 0.492. The maximum Gasteiger partial charge on any atom is 0.133 e. The summed E-state index contributed by atoms with van der Waals surface area (Å²) in [6.07, 6.45) is 8.28. The van der Waals surface area contributed by atoms with Gasteiger partial charge in [-0.1, -0.05) is 46.5 Å². The summed E-state index contributed by atoms with van der Waals surface area (Å²) in [5, 5.41) is 0. The molecule has 1 aliphatic rings. The van der Waals surface area contributed by atoms with Crippen molar-refractivity contribution in [2.75, 3.05) is 0 Å². The average Bonchev–Trinajstić information content (AvgIpc) is 2.16. The zero-order valence-corrected chi connectivity index (χ0v) is 10.6. The molecule has 0 amide bonds. The van der Waals surface area contributed by atoms with Crippen LogP contribution in [0.5, 0.6) is 0 Å². The maximum atomic E-state index is 11.7. The highest BCUT2D eigenvalue weighted by molar-refractivity contribution is 5.78. The third-order valence-electron chi connectivity index (χ3n) is 3.62. The molecule has 0 N–H and O–H groups in total. The van der Waals surface area contributed by atoms with Crippen LogP contribution in [0.3, 0.4) is 0 Å². The summed E-state index contributed by atoms with van der Waals surface area (Å²) in [5.41, 5.74) is 0. The second-order valence-electron chi connectivity index (χ2n) is 5.65. The molecule has 1 aliphatic carbocycles. The van der Waals surface area contributed by atoms with Crippen molar-refractivity contribution in [1.82, 2.24) is 0 Å². The zero-order valence-electron chi connectivity index (χ0n) is 10.6. The first-order chi connectivity index (χ1) is 7.11. The number of hydrogen-bond acceptors (Lipinski definition) is 1. The maximum absolute atomic E-state index is 11.7. The molecule has 1 nitrogen and oxygen atoms in total. The highest BCUT2D eigenvalue weighted by atomic mass is 16.1. The van der Waals surface area contributed by atoms with Crippen LogP contribution in [0.25, 0.3) is 0 Å². The smallest absolute Gasteiger partial charge is 0.133 e. The summed E-state index contributed by atoms with van der Waals surface area (Å²) in [5.74, 6) is 2.63. The lowest BCUT2D eigenvalue weighted by Crippen LogP contribution is -2.18. The van der Waals surface area contributed by atoms with Gasteiger partial charge in [-0.3, -0.25) is 4.79 Å². The van der Waals surface area contributed by atoms with Crippen LogP contribution in [0.4, 0.5) is 0 Å². The highest BCUT2D eigenvalue weighted by Crippen LogP contribution is 2.33. The lowest BCUT2D eigenvalue weighted by Gasteiger charge is -2.28. The fraction of sp³-hybridized carbons (Fsp3) is 0.929. The third kappa shape index (κ3) is 4.81. The molecule has 88 valence electrons. The molecule has 0 heterocycles. The fourth-order valence-corrected chi connectivity index (χ4v) is 2.82. The number of Topliss-reactive ketones (excluding diaryl/α,β-unsaturated/α-hetero) is 1. The van der Waals surface area contributed by atoms with Crippen LogP contribution in [0.2, 0.25) is 0 Å². The normalized spacial score (nSPS) is 26.9. The Hall–Kier alpha value is -0.330. The van der Waals surface area contributed by atoms with Crippen LogP contribution >= 0.6 is 0 Å². The number of carbonyl (C=O) groups is 1. The second kappa shape index (κ2) is 6.30. The van der Waals surface area contributed by atoms with E-state index in [2.05, 4.69) is 20.8 Å². The topological polar surface area (TPSA) is 17.1 Å². The Kier molecular flexibility index (Phi) is 5.35. The van der Waals surface area contributed by atoms with Crippen molar-refractivity contribution in [2.45, 2.75) is 65.7 Å². The summed E-state index contributed by atoms with van der Waals surface area (Å²) in [6.45, 7) is 6.55. The van der Waals surface area contributed by atoms with Crippen LogP contribution in [0.15, 0.2) is 0 Å². The van der Waals surface area contributed by atoms with E-state index in [9.17, 15) is 4.79 Å². The number of hydrogen-bond donors (Lipinski definition) is 0. The van der Waals surface area contributed by atoms with E-state index in [0.717, 1.165) is 18.8 Å². The molecular weight excluding hydrogens is 184 g/mol. The lowest BCUT2D eigenvalue weighted by molar-refractivity contribution is -0.121. The molecule has 1 rings (SSSR count). The molecule has 15 heavy (non-hydrogen) atoms. The Morgan fingerprint density at radius 2 is 1.93 bits per heavy atom. The van der Waals surface area contributed by atoms with Gasteiger partial charge in [0.1, 0.15) is 5.78 Å². The van der Waals surface area contributed by atoms with Gasteiger partial charge in [-0.2, -0.15) is 0 Å². The van der Waals surface area contributed by atoms with Crippen LogP contribution < -0.4 is 0 Å². The summed E-state index contributed by atoms with van der Waals surface area (Å²) in [6, 6.07) is 0. The van der Waals surface area contributed by atoms with E-state index in [1.165, 1.54) is 32.1 Å². The van der Waals surface area contributed by atoms with Gasteiger partial charge in [0.15, 0.2) is 0 Å². The Labute approximate surface area is 94.6 Å². The summed E-state index contributed by atoms with van der Waals surface area (Å²) >= 11 is 0. The highest BCUT2D eigenvalue weighted by Gasteiger charge is 2.22. The molecule has 0 radical (unpaired) electrons. The van der Waals surface area contributed by atoms with Crippen molar-refractivity contribution < 1.29 is 4.79 Å². The van der Waals surface area contributed by atoms with E-state index in [-0.39, 0.29) is 0 Å². The predicted octanol–water partition coefficient (Wildman–Crippen LogP) is 4.21. The van der Waals surface area contributed by atoms with Gasteiger partial charge >= 0.3 is 0 Å². The Morgan fingerprint density at radius 3 is 2.53 bits per heavy atom. The molecular formula is C14H26O. The van der Waals surface area contributed by atoms with Gasteiger partial charge in [0.2, 0.25) is 0 Å². The van der Waals surface area contributed by atoms with Gasteiger partial charge in [0.25, 0.3) is 0 Å². The van der Waals surface area contributed by atoms with Crippen LogP contribution in [-0.4, -0.2) is 5.78 Å². The molecule has 0 aromatic rings. The quantitative estimate of drug-likeness (QED) is 0.664. The average molecular weight is 210 g/mol. The van der Waals surface area contributed by atoms with Gasteiger partial charge in [-0.15, -0.1) is 0 Å². The largest absolute Gasteiger partial charge is 0.300 e. The lowest BCUT2D eigenvalue weighted by atomic mass is 9.77. The molecule has 2 atom stereocenters. The van der Waals surface area contributed by atoms with Crippen molar-refractivity contribution in [3.05, 3.63) is 0 Å². The van der Waals surface area contributed by atoms with Gasteiger partial charge in [-0.25, -0.2) is 0 Å². The number of rotatable bonds is 5. The van der Waals surface area contributed by atoms with E-state index in [1.54, 1.807) is 0 Å². The van der Waals surface area contributed by atoms with Crippen LogP contribution in [-0.2, 0) is 4.79 Å². The molecule has 0 aliphatic heterocycles. The third-order valence-corrected chi connectivity index (χ3v) is 3.62. The first-order valence-electron chi connectivity index (χ1n) is 6.63. The standard InChI is InChI=1S/C14H26O/c1-4-12-6-5-7-13(9-12)10-14(15)8-11(2)3/h11-13H,4-10H2,1-3H3. The molecule has 0 aromatic carbocycles. The van der Waals surface area contributed by atoms with E-state index in [0.29, 0.717) is 17.6 Å². The SMILES string of the molecule is CCC1CCCC(CC(=O)CC(C)C)C1. The fourth-order valence-electron chi connectivity index (χ4n) is 2.82. The summed E-state index contributed by atoms with van der Waals surface area (Å²) in [4.78, 5) is 11.7. The monoisotopic (exact) mass is 210 g/mol. The molecule has 0 aromatic heterocycles. The van der Waals surface area contributed by atoms with Crippen molar-refractivity contribution in [1.29, 1.82) is 0 Å². The minimum Gasteiger partial charge on any atom is -0.300 e. The molecule has 1 saturated carbocycles. The predicted molar refractivity (Wildman–Crippen MR) is 64.8 cm³/mol. The minimum absolute atomic E-state index is 0.492. The molecule has 1 heteroatoms. The Balaban J connectivity index is 2.28. The summed E-state index contributed by atoms with van der Waals surface area (Å²) < 4.78 is 0. The van der Waals surface area contributed by atoms with Gasteiger partial charge in [-0.05, 0) is 24.2 Å². The van der Waals surface area contributed by atoms with Crippen LogP contribution in [0, 0.1) is 17.8 Å². The molecule has 2 unspecified atom stereocenters.